The van der Waals surface area contributed by atoms with Crippen LogP contribution >= 0.6 is 23.2 Å². The molecule has 0 unspecified atom stereocenters. The monoisotopic (exact) mass is 351 g/mol. The van der Waals surface area contributed by atoms with Gasteiger partial charge >= 0.3 is 5.97 Å². The quantitative estimate of drug-likeness (QED) is 0.794. The molecule has 2 rings (SSSR count). The maximum absolute atomic E-state index is 12.2. The number of benzene rings is 1. The summed E-state index contributed by atoms with van der Waals surface area (Å²) in [5.41, 5.74) is 0.125. The van der Waals surface area contributed by atoms with Crippen molar-refractivity contribution in [3.63, 3.8) is 0 Å². The average molecular weight is 352 g/mol. The predicted molar refractivity (Wildman–Crippen MR) is 78.4 cm³/mol. The van der Waals surface area contributed by atoms with E-state index in [4.69, 9.17) is 27.6 Å². The fourth-order valence-electron chi connectivity index (χ4n) is 1.68. The highest BCUT2D eigenvalue weighted by Gasteiger charge is 2.26. The number of hydrogen-bond donors (Lipinski definition) is 0. The Morgan fingerprint density at radius 2 is 1.86 bits per heavy atom. The van der Waals surface area contributed by atoms with Crippen molar-refractivity contribution in [3.8, 4) is 0 Å². The highest BCUT2D eigenvalue weighted by molar-refractivity contribution is 7.89. The number of esters is 1. The molecule has 1 heterocycles. The normalized spacial score (nSPS) is 12.1. The highest BCUT2D eigenvalue weighted by Crippen LogP contribution is 2.38. The van der Waals surface area contributed by atoms with Gasteiger partial charge in [-0.15, -0.1) is 0 Å². The summed E-state index contributed by atoms with van der Waals surface area (Å²) in [5.74, 6) is -0.791. The molecular formula is C12H11Cl2NO5S. The fourth-order valence-corrected chi connectivity index (χ4v) is 3.42. The van der Waals surface area contributed by atoms with Crippen LogP contribution in [0.15, 0.2) is 21.4 Å². The van der Waals surface area contributed by atoms with Crippen molar-refractivity contribution in [2.24, 2.45) is 0 Å². The van der Waals surface area contributed by atoms with Crippen LogP contribution in [0.25, 0.3) is 11.0 Å². The Kier molecular flexibility index (Phi) is 4.21. The minimum Gasteiger partial charge on any atom is -0.463 e. The van der Waals surface area contributed by atoms with E-state index in [-0.39, 0.29) is 26.3 Å². The van der Waals surface area contributed by atoms with Crippen LogP contribution in [0.3, 0.4) is 0 Å². The van der Waals surface area contributed by atoms with Gasteiger partial charge in [-0.3, -0.25) is 0 Å². The largest absolute Gasteiger partial charge is 0.463 e. The van der Waals surface area contributed by atoms with E-state index in [1.165, 1.54) is 33.3 Å². The average Bonchev–Trinajstić information content (AvgIpc) is 2.85. The number of furan rings is 1. The lowest BCUT2D eigenvalue weighted by molar-refractivity contribution is 0.0567. The number of rotatable bonds is 3. The molecule has 0 radical (unpaired) electrons. The minimum atomic E-state index is -3.78. The lowest BCUT2D eigenvalue weighted by Crippen LogP contribution is -2.22. The number of hydrogen-bond acceptors (Lipinski definition) is 5. The molecule has 0 fully saturated rings. The topological polar surface area (TPSA) is 76.8 Å². The molecule has 0 aliphatic carbocycles. The summed E-state index contributed by atoms with van der Waals surface area (Å²) in [7, 11) is 0.169. The number of ether oxygens (including phenoxy) is 1. The Hall–Kier alpha value is -1.28. The second-order valence-electron chi connectivity index (χ2n) is 4.31. The van der Waals surface area contributed by atoms with Crippen molar-refractivity contribution in [1.82, 2.24) is 4.31 Å². The molecule has 0 saturated carbocycles. The molecule has 0 atom stereocenters. The number of fused-ring (bicyclic) bond motifs is 1. The molecule has 2 aromatic rings. The second-order valence-corrected chi connectivity index (χ2v) is 7.19. The van der Waals surface area contributed by atoms with Gasteiger partial charge in [0.15, 0.2) is 5.58 Å². The van der Waals surface area contributed by atoms with Crippen LogP contribution < -0.4 is 0 Å². The van der Waals surface area contributed by atoms with Gasteiger partial charge in [0.2, 0.25) is 15.8 Å². The van der Waals surface area contributed by atoms with Crippen LogP contribution in [-0.2, 0) is 14.8 Å². The predicted octanol–water partition coefficient (Wildman–Crippen LogP) is 2.78. The molecule has 9 heteroatoms. The van der Waals surface area contributed by atoms with Crippen molar-refractivity contribution in [3.05, 3.63) is 27.9 Å². The summed E-state index contributed by atoms with van der Waals surface area (Å²) in [6.07, 6.45) is 0. The minimum absolute atomic E-state index is 0.0789. The fraction of sp³-hybridized carbons (Fsp3) is 0.250. The molecule has 0 saturated heterocycles. The van der Waals surface area contributed by atoms with Crippen LogP contribution in [0.4, 0.5) is 0 Å². The molecule has 0 spiro atoms. The standard InChI is InChI=1S/C12H11Cl2NO5S/c1-15(2)21(17,18)8-5-6-4-7(12(16)19-3)20-11(6)10(14)9(8)13/h4-5H,1-3H3. The van der Waals surface area contributed by atoms with E-state index in [1.54, 1.807) is 0 Å². The summed E-state index contributed by atoms with van der Waals surface area (Å²) in [6, 6.07) is 2.65. The van der Waals surface area contributed by atoms with Gasteiger partial charge in [-0.2, -0.15) is 0 Å². The first-order valence-corrected chi connectivity index (χ1v) is 7.82. The Balaban J connectivity index is 2.78. The van der Waals surface area contributed by atoms with Gasteiger partial charge in [-0.05, 0) is 12.1 Å². The Morgan fingerprint density at radius 3 is 2.38 bits per heavy atom. The van der Waals surface area contributed by atoms with Crippen molar-refractivity contribution < 1.29 is 22.4 Å². The first kappa shape index (κ1) is 16.1. The van der Waals surface area contributed by atoms with Crippen molar-refractivity contribution in [1.29, 1.82) is 0 Å². The van der Waals surface area contributed by atoms with Crippen molar-refractivity contribution in [2.75, 3.05) is 21.2 Å². The zero-order valence-corrected chi connectivity index (χ0v) is 13.6. The third-order valence-electron chi connectivity index (χ3n) is 2.80. The number of carbonyl (C=O) groups excluding carboxylic acids is 1. The Bertz CT molecular complexity index is 826. The zero-order valence-electron chi connectivity index (χ0n) is 11.3. The Morgan fingerprint density at radius 1 is 1.24 bits per heavy atom. The second kappa shape index (κ2) is 5.49. The van der Waals surface area contributed by atoms with Gasteiger partial charge in [0.25, 0.3) is 0 Å². The molecule has 21 heavy (non-hydrogen) atoms. The van der Waals surface area contributed by atoms with Crippen LogP contribution in [0.1, 0.15) is 10.6 Å². The third kappa shape index (κ3) is 2.62. The summed E-state index contributed by atoms with van der Waals surface area (Å²) in [4.78, 5) is 11.3. The van der Waals surface area contributed by atoms with Crippen molar-refractivity contribution >= 4 is 50.2 Å². The smallest absolute Gasteiger partial charge is 0.373 e. The number of nitrogens with zero attached hydrogens (tertiary/aromatic N) is 1. The van der Waals surface area contributed by atoms with E-state index in [0.717, 1.165) is 4.31 Å². The first-order chi connectivity index (χ1) is 9.70. The van der Waals surface area contributed by atoms with Gasteiger partial charge in [0.05, 0.1) is 12.1 Å². The number of sulfonamides is 1. The van der Waals surface area contributed by atoms with Gasteiger partial charge < -0.3 is 9.15 Å². The molecular weight excluding hydrogens is 341 g/mol. The van der Waals surface area contributed by atoms with Crippen molar-refractivity contribution in [2.45, 2.75) is 4.90 Å². The van der Waals surface area contributed by atoms with Gasteiger partial charge in [-0.1, -0.05) is 23.2 Å². The van der Waals surface area contributed by atoms with E-state index in [1.807, 2.05) is 0 Å². The third-order valence-corrected chi connectivity index (χ3v) is 5.60. The molecule has 0 aliphatic rings. The summed E-state index contributed by atoms with van der Waals surface area (Å²) in [5, 5.41) is 0.0959. The molecule has 0 bridgehead atoms. The SMILES string of the molecule is COC(=O)c1cc2cc(S(=O)(=O)N(C)C)c(Cl)c(Cl)c2o1. The van der Waals surface area contributed by atoms with Crippen LogP contribution in [0.2, 0.25) is 10.0 Å². The molecule has 6 nitrogen and oxygen atoms in total. The molecule has 0 N–H and O–H groups in total. The van der Waals surface area contributed by atoms with E-state index in [0.29, 0.717) is 5.39 Å². The molecule has 0 aliphatic heterocycles. The summed E-state index contributed by atoms with van der Waals surface area (Å²) >= 11 is 12.1. The van der Waals surface area contributed by atoms with E-state index in [9.17, 15) is 13.2 Å². The highest BCUT2D eigenvalue weighted by atomic mass is 35.5. The zero-order chi connectivity index (χ0) is 15.9. The molecule has 0 amide bonds. The summed E-state index contributed by atoms with van der Waals surface area (Å²) < 4.78 is 35.2. The number of methoxy groups -OCH3 is 1. The van der Waals surface area contributed by atoms with Gasteiger partial charge in [0, 0.05) is 19.5 Å². The van der Waals surface area contributed by atoms with Gasteiger partial charge in [-0.25, -0.2) is 17.5 Å². The lowest BCUT2D eigenvalue weighted by Gasteiger charge is -2.13. The number of carbonyl (C=O) groups is 1. The van der Waals surface area contributed by atoms with Crippen LogP contribution in [0.5, 0.6) is 0 Å². The first-order valence-electron chi connectivity index (χ1n) is 5.62. The molecule has 1 aromatic carbocycles. The Labute approximate surface area is 131 Å². The maximum atomic E-state index is 12.2. The summed E-state index contributed by atoms with van der Waals surface area (Å²) in [6.45, 7) is 0. The number of halogens is 2. The van der Waals surface area contributed by atoms with Crippen LogP contribution in [0, 0.1) is 0 Å². The van der Waals surface area contributed by atoms with E-state index in [2.05, 4.69) is 4.74 Å². The molecule has 1 aromatic heterocycles. The maximum Gasteiger partial charge on any atom is 0.373 e. The van der Waals surface area contributed by atoms with Gasteiger partial charge in [0.1, 0.15) is 9.92 Å². The van der Waals surface area contributed by atoms with Crippen LogP contribution in [-0.4, -0.2) is 39.9 Å². The lowest BCUT2D eigenvalue weighted by atomic mass is 10.2. The molecule has 114 valence electrons. The van der Waals surface area contributed by atoms with E-state index >= 15 is 0 Å². The van der Waals surface area contributed by atoms with E-state index < -0.39 is 16.0 Å².